The lowest BCUT2D eigenvalue weighted by Gasteiger charge is -2.14. The molecule has 3 aromatic carbocycles. The van der Waals surface area contributed by atoms with Gasteiger partial charge in [-0.15, -0.1) is 0 Å². The largest absolute Gasteiger partial charge is 0.497 e. The molecule has 8 nitrogen and oxygen atoms in total. The third-order valence-electron chi connectivity index (χ3n) is 4.54. The zero-order valence-corrected chi connectivity index (χ0v) is 19.8. The minimum atomic E-state index is -0.570. The van der Waals surface area contributed by atoms with Crippen LogP contribution in [0.2, 0.25) is 5.02 Å². The van der Waals surface area contributed by atoms with Gasteiger partial charge in [-0.05, 0) is 55.0 Å². The monoisotopic (exact) mass is 499 g/mol. The Balaban J connectivity index is 1.67. The Labute approximate surface area is 206 Å². The summed E-state index contributed by atoms with van der Waals surface area (Å²) in [6.45, 7) is 1.66. The van der Waals surface area contributed by atoms with Gasteiger partial charge < -0.3 is 19.5 Å². The zero-order chi connectivity index (χ0) is 25.2. The molecule has 0 saturated heterocycles. The average Bonchev–Trinajstić information content (AvgIpc) is 2.85. The number of carbonyl (C=O) groups excluding carboxylic acids is 2. The Kier molecular flexibility index (Phi) is 9.02. The van der Waals surface area contributed by atoms with Crippen molar-refractivity contribution in [3.8, 4) is 17.2 Å². The predicted octanol–water partition coefficient (Wildman–Crippen LogP) is 4.67. The number of hydrazone groups is 1. The third-order valence-corrected chi connectivity index (χ3v) is 4.82. The summed E-state index contributed by atoms with van der Waals surface area (Å²) in [5.41, 5.74) is 3.37. The van der Waals surface area contributed by atoms with Crippen LogP contribution in [0.1, 0.15) is 22.8 Å². The van der Waals surface area contributed by atoms with Gasteiger partial charge in [-0.25, -0.2) is 9.82 Å². The summed E-state index contributed by atoms with van der Waals surface area (Å²) >= 11 is 6.35. The van der Waals surface area contributed by atoms with Gasteiger partial charge in [0.2, 0.25) is 0 Å². The molecule has 35 heavy (non-hydrogen) atoms. The van der Waals surface area contributed by atoms with E-state index in [1.807, 2.05) is 0 Å². The molecule has 0 atom stereocenters. The first-order valence-corrected chi connectivity index (χ1v) is 10.9. The summed E-state index contributed by atoms with van der Waals surface area (Å²) in [6.07, 6.45) is 1.39. The summed E-state index contributed by atoms with van der Waals surface area (Å²) in [5.74, 6) is -0.574. The lowest BCUT2D eigenvalue weighted by Crippen LogP contribution is -2.21. The van der Waals surface area contributed by atoms with Crippen molar-refractivity contribution in [3.05, 3.63) is 82.6 Å². The van der Waals surface area contributed by atoms with Crippen molar-refractivity contribution in [3.63, 3.8) is 0 Å². The molecule has 3 rings (SSSR count). The molecule has 0 aliphatic carbocycles. The summed E-state index contributed by atoms with van der Waals surface area (Å²) in [5, 5.41) is 6.55. The van der Waals surface area contributed by atoms with Gasteiger partial charge in [-0.1, -0.05) is 29.8 Å². The van der Waals surface area contributed by atoms with Crippen LogP contribution >= 0.6 is 11.6 Å². The Hall–Kier alpha value is -4.11. The van der Waals surface area contributed by atoms with Crippen LogP contribution < -0.4 is 25.0 Å². The van der Waals surface area contributed by atoms with Gasteiger partial charge in [-0.2, -0.15) is 5.10 Å². The highest BCUT2D eigenvalue weighted by Gasteiger charge is 2.15. The minimum Gasteiger partial charge on any atom is -0.497 e. The molecule has 0 spiro atoms. The van der Waals surface area contributed by atoms with Crippen LogP contribution in [-0.4, -0.2) is 38.4 Å². The van der Waals surface area contributed by atoms with E-state index < -0.39 is 24.2 Å². The first-order chi connectivity index (χ1) is 16.9. The van der Waals surface area contributed by atoms with Crippen LogP contribution in [0.4, 0.5) is 10.1 Å². The summed E-state index contributed by atoms with van der Waals surface area (Å²) < 4.78 is 30.0. The van der Waals surface area contributed by atoms with Crippen molar-refractivity contribution < 1.29 is 28.2 Å². The molecule has 0 fully saturated rings. The van der Waals surface area contributed by atoms with Crippen LogP contribution in [0.3, 0.4) is 0 Å². The quantitative estimate of drug-likeness (QED) is 0.312. The predicted molar refractivity (Wildman–Crippen MR) is 131 cm³/mol. The number of carbonyl (C=O) groups is 2. The van der Waals surface area contributed by atoms with Gasteiger partial charge in [0.25, 0.3) is 11.8 Å². The van der Waals surface area contributed by atoms with Gasteiger partial charge >= 0.3 is 0 Å². The Morgan fingerprint density at radius 1 is 1.09 bits per heavy atom. The van der Waals surface area contributed by atoms with Crippen LogP contribution in [0, 0.1) is 5.82 Å². The number of amides is 2. The fourth-order valence-electron chi connectivity index (χ4n) is 2.95. The standard InChI is InChI=1S/C25H23ClFN3O5/c1-3-34-22-12-16(14-28-30-25(32)17-7-6-8-18(13-17)33-2)11-19(26)24(22)35-15-23(31)29-21-10-5-4-9-20(21)27/h4-14H,3,15H2,1-2H3,(H,29,31)(H,30,32). The van der Waals surface area contributed by atoms with Gasteiger partial charge in [0.1, 0.15) is 11.6 Å². The van der Waals surface area contributed by atoms with Crippen molar-refractivity contribution in [2.45, 2.75) is 6.92 Å². The smallest absolute Gasteiger partial charge is 0.271 e. The summed E-state index contributed by atoms with van der Waals surface area (Å²) in [4.78, 5) is 24.5. The van der Waals surface area contributed by atoms with E-state index in [0.29, 0.717) is 23.5 Å². The van der Waals surface area contributed by atoms with E-state index in [9.17, 15) is 14.0 Å². The van der Waals surface area contributed by atoms with Crippen LogP contribution in [0.15, 0.2) is 65.8 Å². The summed E-state index contributed by atoms with van der Waals surface area (Å²) in [6, 6.07) is 15.6. The Morgan fingerprint density at radius 3 is 2.63 bits per heavy atom. The van der Waals surface area contributed by atoms with Crippen molar-refractivity contribution in [1.82, 2.24) is 5.43 Å². The first kappa shape index (κ1) is 25.5. The summed E-state index contributed by atoms with van der Waals surface area (Å²) in [7, 11) is 1.51. The second-order valence-corrected chi connectivity index (χ2v) is 7.42. The molecule has 0 aliphatic heterocycles. The number of rotatable bonds is 10. The molecular weight excluding hydrogens is 477 g/mol. The SMILES string of the molecule is CCOc1cc(C=NNC(=O)c2cccc(OC)c2)cc(Cl)c1OCC(=O)Nc1ccccc1F. The van der Waals surface area contributed by atoms with E-state index in [1.165, 1.54) is 37.6 Å². The molecule has 0 radical (unpaired) electrons. The third kappa shape index (κ3) is 7.18. The van der Waals surface area contributed by atoms with Crippen molar-refractivity contribution in [2.24, 2.45) is 5.10 Å². The molecule has 0 bridgehead atoms. The number of anilines is 1. The molecule has 0 saturated carbocycles. The number of benzene rings is 3. The van der Waals surface area contributed by atoms with Gasteiger partial charge in [0, 0.05) is 5.56 Å². The molecule has 10 heteroatoms. The fraction of sp³-hybridized carbons (Fsp3) is 0.160. The lowest BCUT2D eigenvalue weighted by molar-refractivity contribution is -0.118. The first-order valence-electron chi connectivity index (χ1n) is 10.5. The van der Waals surface area contributed by atoms with Crippen LogP contribution in [0.25, 0.3) is 0 Å². The van der Waals surface area contributed by atoms with Crippen LogP contribution in [0.5, 0.6) is 17.2 Å². The second-order valence-electron chi connectivity index (χ2n) is 7.01. The number of para-hydroxylation sites is 1. The molecular formula is C25H23ClFN3O5. The van der Waals surface area contributed by atoms with E-state index in [-0.39, 0.29) is 22.2 Å². The van der Waals surface area contributed by atoms with Gasteiger partial charge in [-0.3, -0.25) is 9.59 Å². The number of halogens is 2. The lowest BCUT2D eigenvalue weighted by atomic mass is 10.2. The highest BCUT2D eigenvalue weighted by Crippen LogP contribution is 2.36. The number of nitrogens with zero attached hydrogens (tertiary/aromatic N) is 1. The Bertz CT molecular complexity index is 1240. The normalized spacial score (nSPS) is 10.6. The zero-order valence-electron chi connectivity index (χ0n) is 19.0. The Morgan fingerprint density at radius 2 is 1.89 bits per heavy atom. The van der Waals surface area contributed by atoms with E-state index in [2.05, 4.69) is 15.8 Å². The maximum atomic E-state index is 13.7. The molecule has 182 valence electrons. The number of methoxy groups -OCH3 is 1. The highest BCUT2D eigenvalue weighted by molar-refractivity contribution is 6.32. The fourth-order valence-corrected chi connectivity index (χ4v) is 3.22. The number of hydrogen-bond donors (Lipinski definition) is 2. The van der Waals surface area contributed by atoms with Crippen molar-refractivity contribution in [2.75, 3.05) is 25.6 Å². The number of nitrogens with one attached hydrogen (secondary N) is 2. The van der Waals surface area contributed by atoms with E-state index in [0.717, 1.165) is 0 Å². The molecule has 0 aliphatic rings. The molecule has 0 heterocycles. The second kappa shape index (κ2) is 12.4. The van der Waals surface area contributed by atoms with E-state index in [1.54, 1.807) is 43.3 Å². The van der Waals surface area contributed by atoms with E-state index >= 15 is 0 Å². The molecule has 3 aromatic rings. The number of ether oxygens (including phenoxy) is 3. The van der Waals surface area contributed by atoms with Crippen molar-refractivity contribution in [1.29, 1.82) is 0 Å². The van der Waals surface area contributed by atoms with E-state index in [4.69, 9.17) is 25.8 Å². The number of hydrogen-bond acceptors (Lipinski definition) is 6. The molecule has 0 aromatic heterocycles. The molecule has 0 unspecified atom stereocenters. The van der Waals surface area contributed by atoms with Gasteiger partial charge in [0.15, 0.2) is 18.1 Å². The maximum Gasteiger partial charge on any atom is 0.271 e. The average molecular weight is 500 g/mol. The minimum absolute atomic E-state index is 0.0415. The van der Waals surface area contributed by atoms with Gasteiger partial charge in [0.05, 0.1) is 30.6 Å². The van der Waals surface area contributed by atoms with Crippen LogP contribution in [-0.2, 0) is 4.79 Å². The topological polar surface area (TPSA) is 98.2 Å². The van der Waals surface area contributed by atoms with Crippen molar-refractivity contribution >= 4 is 35.3 Å². The highest BCUT2D eigenvalue weighted by atomic mass is 35.5. The molecule has 2 amide bonds. The molecule has 2 N–H and O–H groups in total. The maximum absolute atomic E-state index is 13.7.